The van der Waals surface area contributed by atoms with Crippen molar-refractivity contribution in [1.29, 1.82) is 0 Å². The van der Waals surface area contributed by atoms with Crippen LogP contribution in [0.2, 0.25) is 0 Å². The van der Waals surface area contributed by atoms with E-state index in [1.54, 1.807) is 12.3 Å². The van der Waals surface area contributed by atoms with Gasteiger partial charge in [0.1, 0.15) is 0 Å². The summed E-state index contributed by atoms with van der Waals surface area (Å²) in [4.78, 5) is 21.0. The number of nitrogens with two attached hydrogens (primary N) is 1. The molecule has 11 heavy (non-hydrogen) atoms. The van der Waals surface area contributed by atoms with Gasteiger partial charge in [-0.2, -0.15) is 0 Å². The van der Waals surface area contributed by atoms with Gasteiger partial charge in [-0.25, -0.2) is 15.4 Å². The molecule has 0 bridgehead atoms. The molecule has 0 spiro atoms. The molecule has 0 saturated heterocycles. The summed E-state index contributed by atoms with van der Waals surface area (Å²) >= 11 is 0. The van der Waals surface area contributed by atoms with Gasteiger partial charge in [0.25, 0.3) is 0 Å². The predicted molar refractivity (Wildman–Crippen MR) is 38.2 cm³/mol. The summed E-state index contributed by atoms with van der Waals surface area (Å²) in [5, 5.41) is 0. The lowest BCUT2D eigenvalue weighted by Crippen LogP contribution is -2.32. The number of ether oxygens (including phenoxy) is 1. The van der Waals surface area contributed by atoms with E-state index >= 15 is 0 Å². The fraction of sp³-hybridized carbons (Fsp3) is 0.333. The molecule has 0 radical (unpaired) electrons. The average molecular weight is 158 g/mol. The molecule has 0 aromatic carbocycles. The average Bonchev–Trinajstić information content (AvgIpc) is 2.02. The van der Waals surface area contributed by atoms with Crippen LogP contribution in [-0.2, 0) is 9.53 Å². The van der Waals surface area contributed by atoms with Gasteiger partial charge in [-0.05, 0) is 6.42 Å². The van der Waals surface area contributed by atoms with Gasteiger partial charge in [0.05, 0.1) is 0 Å². The second-order valence-corrected chi connectivity index (χ2v) is 1.78. The zero-order chi connectivity index (χ0) is 8.85. The minimum atomic E-state index is -0.982. The SMILES string of the molecule is C=C(CC)C(=O)OC(=O)NN. The largest absolute Gasteiger partial charge is 0.429 e. The number of amides is 1. The molecule has 62 valence electrons. The first-order chi connectivity index (χ1) is 5.11. The van der Waals surface area contributed by atoms with Crippen molar-refractivity contribution in [3.05, 3.63) is 12.2 Å². The summed E-state index contributed by atoms with van der Waals surface area (Å²) in [6, 6.07) is 0. The van der Waals surface area contributed by atoms with Crippen LogP contribution in [0.15, 0.2) is 12.2 Å². The van der Waals surface area contributed by atoms with E-state index < -0.39 is 12.1 Å². The maximum absolute atomic E-state index is 10.7. The molecule has 0 aromatic heterocycles. The molecule has 0 aliphatic rings. The molecule has 0 atom stereocenters. The van der Waals surface area contributed by atoms with Crippen molar-refractivity contribution in [3.63, 3.8) is 0 Å². The Morgan fingerprint density at radius 2 is 2.18 bits per heavy atom. The lowest BCUT2D eigenvalue weighted by Gasteiger charge is -2.01. The Balaban J connectivity index is 3.88. The van der Waals surface area contributed by atoms with Crippen molar-refractivity contribution in [2.45, 2.75) is 13.3 Å². The van der Waals surface area contributed by atoms with E-state index in [0.29, 0.717) is 6.42 Å². The highest BCUT2D eigenvalue weighted by Gasteiger charge is 2.10. The Kier molecular flexibility index (Phi) is 3.90. The number of hydrogen-bond acceptors (Lipinski definition) is 4. The van der Waals surface area contributed by atoms with E-state index in [1.807, 2.05) is 0 Å². The van der Waals surface area contributed by atoms with Gasteiger partial charge in [-0.1, -0.05) is 13.5 Å². The second-order valence-electron chi connectivity index (χ2n) is 1.78. The van der Waals surface area contributed by atoms with Gasteiger partial charge in [-0.3, -0.25) is 5.43 Å². The van der Waals surface area contributed by atoms with E-state index in [9.17, 15) is 9.59 Å². The van der Waals surface area contributed by atoms with Crippen molar-refractivity contribution in [2.75, 3.05) is 0 Å². The smallest absolute Gasteiger partial charge is 0.372 e. The van der Waals surface area contributed by atoms with Crippen LogP contribution in [-0.4, -0.2) is 12.1 Å². The lowest BCUT2D eigenvalue weighted by molar-refractivity contribution is -0.133. The van der Waals surface area contributed by atoms with Crippen LogP contribution in [0.25, 0.3) is 0 Å². The molecule has 0 unspecified atom stereocenters. The monoisotopic (exact) mass is 158 g/mol. The zero-order valence-corrected chi connectivity index (χ0v) is 6.22. The predicted octanol–water partition coefficient (Wildman–Crippen LogP) is 0.0791. The summed E-state index contributed by atoms with van der Waals surface area (Å²) in [6.07, 6.45) is -0.541. The lowest BCUT2D eigenvalue weighted by atomic mass is 10.2. The molecule has 0 saturated carbocycles. The zero-order valence-electron chi connectivity index (χ0n) is 6.22. The van der Waals surface area contributed by atoms with E-state index in [2.05, 4.69) is 17.2 Å². The van der Waals surface area contributed by atoms with Crippen LogP contribution in [0.4, 0.5) is 4.79 Å². The number of hydrazine groups is 1. The Morgan fingerprint density at radius 3 is 2.55 bits per heavy atom. The molecule has 0 rings (SSSR count). The fourth-order valence-corrected chi connectivity index (χ4v) is 0.330. The highest BCUT2D eigenvalue weighted by Crippen LogP contribution is 1.98. The van der Waals surface area contributed by atoms with Crippen LogP contribution in [0.3, 0.4) is 0 Å². The Hall–Kier alpha value is -1.36. The number of hydrogen-bond donors (Lipinski definition) is 2. The van der Waals surface area contributed by atoms with Gasteiger partial charge < -0.3 is 4.74 Å². The molecular formula is C6H10N2O3. The molecule has 3 N–H and O–H groups in total. The highest BCUT2D eigenvalue weighted by atomic mass is 16.6. The minimum Gasteiger partial charge on any atom is -0.372 e. The first kappa shape index (κ1) is 9.64. The highest BCUT2D eigenvalue weighted by molar-refractivity contribution is 5.94. The van der Waals surface area contributed by atoms with Crippen LogP contribution in [0, 0.1) is 0 Å². The third kappa shape index (κ3) is 3.36. The van der Waals surface area contributed by atoms with Gasteiger partial charge in [0.15, 0.2) is 0 Å². The van der Waals surface area contributed by atoms with Crippen molar-refractivity contribution in [2.24, 2.45) is 5.84 Å². The Morgan fingerprint density at radius 1 is 1.64 bits per heavy atom. The fourth-order valence-electron chi connectivity index (χ4n) is 0.330. The molecule has 1 amide bonds. The number of carbonyl (C=O) groups excluding carboxylic acids is 2. The number of nitrogens with one attached hydrogen (secondary N) is 1. The molecule has 0 aliphatic heterocycles. The third-order valence-electron chi connectivity index (χ3n) is 1.02. The van der Waals surface area contributed by atoms with Crippen molar-refractivity contribution < 1.29 is 14.3 Å². The molecule has 0 heterocycles. The maximum Gasteiger partial charge on any atom is 0.429 e. The second kappa shape index (κ2) is 4.45. The molecular weight excluding hydrogens is 148 g/mol. The standard InChI is InChI=1S/C6H10N2O3/c1-3-4(2)5(9)11-6(10)8-7/h2-3,7H2,1H3,(H,8,10). The molecule has 0 aromatic rings. The van der Waals surface area contributed by atoms with Crippen LogP contribution < -0.4 is 11.3 Å². The van der Waals surface area contributed by atoms with E-state index in [0.717, 1.165) is 0 Å². The molecule has 0 aliphatic carbocycles. The van der Waals surface area contributed by atoms with E-state index in [1.165, 1.54) is 0 Å². The van der Waals surface area contributed by atoms with Gasteiger partial charge >= 0.3 is 12.1 Å². The first-order valence-corrected chi connectivity index (χ1v) is 3.02. The first-order valence-electron chi connectivity index (χ1n) is 3.02. The van der Waals surface area contributed by atoms with Crippen LogP contribution >= 0.6 is 0 Å². The van der Waals surface area contributed by atoms with Crippen LogP contribution in [0.5, 0.6) is 0 Å². The normalized spacial score (nSPS) is 8.55. The minimum absolute atomic E-state index is 0.230. The summed E-state index contributed by atoms with van der Waals surface area (Å²) < 4.78 is 4.14. The molecule has 5 heteroatoms. The Bertz CT molecular complexity index is 188. The summed E-state index contributed by atoms with van der Waals surface area (Å²) in [6.45, 7) is 5.09. The summed E-state index contributed by atoms with van der Waals surface area (Å²) in [5.41, 5.74) is 1.88. The van der Waals surface area contributed by atoms with Gasteiger partial charge in [0, 0.05) is 5.57 Å². The third-order valence-corrected chi connectivity index (χ3v) is 1.02. The maximum atomic E-state index is 10.7. The number of esters is 1. The van der Waals surface area contributed by atoms with Gasteiger partial charge in [0.2, 0.25) is 0 Å². The van der Waals surface area contributed by atoms with E-state index in [-0.39, 0.29) is 5.57 Å². The number of rotatable bonds is 2. The van der Waals surface area contributed by atoms with Gasteiger partial charge in [-0.15, -0.1) is 0 Å². The quantitative estimate of drug-likeness (QED) is 0.149. The summed E-state index contributed by atoms with van der Waals surface area (Å²) in [7, 11) is 0. The number of carbonyl (C=O) groups is 2. The van der Waals surface area contributed by atoms with Crippen LogP contribution in [0.1, 0.15) is 13.3 Å². The topological polar surface area (TPSA) is 81.4 Å². The van der Waals surface area contributed by atoms with Crippen molar-refractivity contribution in [1.82, 2.24) is 5.43 Å². The molecule has 5 nitrogen and oxygen atoms in total. The Labute approximate surface area is 64.2 Å². The summed E-state index contributed by atoms with van der Waals surface area (Å²) in [5.74, 6) is 3.90. The van der Waals surface area contributed by atoms with Crippen molar-refractivity contribution in [3.8, 4) is 0 Å². The van der Waals surface area contributed by atoms with E-state index in [4.69, 9.17) is 0 Å². The van der Waals surface area contributed by atoms with Crippen molar-refractivity contribution >= 4 is 12.1 Å². The molecule has 0 fully saturated rings.